The molecule has 0 aliphatic carbocycles. The zero-order valence-electron chi connectivity index (χ0n) is 24.9. The molecule has 12 nitrogen and oxygen atoms in total. The van der Waals surface area contributed by atoms with Crippen LogP contribution in [0.5, 0.6) is 0 Å². The van der Waals surface area contributed by atoms with E-state index in [1.807, 2.05) is 72.8 Å². The molecule has 232 valence electrons. The van der Waals surface area contributed by atoms with E-state index >= 15 is 0 Å². The lowest BCUT2D eigenvalue weighted by atomic mass is 9.84. The first kappa shape index (κ1) is 31.6. The Balaban J connectivity index is 1.44. The molecule has 0 aliphatic heterocycles. The monoisotopic (exact) mass is 628 g/mol. The van der Waals surface area contributed by atoms with Crippen molar-refractivity contribution < 1.29 is 28.5 Å². The number of phosphoric ester groups is 1. The molecule has 2 aromatic heterocycles. The largest absolute Gasteiger partial charge is 0.471 e. The van der Waals surface area contributed by atoms with Crippen molar-refractivity contribution in [1.82, 2.24) is 24.9 Å². The Kier molecular flexibility index (Phi) is 9.40. The van der Waals surface area contributed by atoms with Crippen LogP contribution >= 0.6 is 7.82 Å². The number of nitrogens with one attached hydrogen (secondary N) is 2. The lowest BCUT2D eigenvalue weighted by molar-refractivity contribution is -0.118. The van der Waals surface area contributed by atoms with E-state index < -0.39 is 38.3 Å². The number of hydrogen-bond acceptors (Lipinski definition) is 6. The quantitative estimate of drug-likeness (QED) is 0.155. The molecule has 0 radical (unpaired) electrons. The van der Waals surface area contributed by atoms with Crippen molar-refractivity contribution in [1.29, 1.82) is 0 Å². The molecular weight excluding hydrogens is 595 g/mol. The Morgan fingerprint density at radius 1 is 0.911 bits per heavy atom. The Hall–Kier alpha value is -4.87. The number of hydrogen-bond donors (Lipinski definition) is 4. The average Bonchev–Trinajstić information content (AvgIpc) is 3.58. The van der Waals surface area contributed by atoms with E-state index in [1.165, 1.54) is 15.6 Å². The van der Waals surface area contributed by atoms with Crippen LogP contribution in [0.4, 0.5) is 5.69 Å². The lowest BCUT2D eigenvalue weighted by Crippen LogP contribution is -2.48. The van der Waals surface area contributed by atoms with Gasteiger partial charge in [-0.3, -0.25) is 18.8 Å². The van der Waals surface area contributed by atoms with Gasteiger partial charge in [-0.2, -0.15) is 10.2 Å². The summed E-state index contributed by atoms with van der Waals surface area (Å²) in [7, 11) is -3.00. The molecule has 4 N–H and O–H groups in total. The van der Waals surface area contributed by atoms with Crippen molar-refractivity contribution in [3.05, 3.63) is 125 Å². The molecule has 45 heavy (non-hydrogen) atoms. The van der Waals surface area contributed by atoms with Gasteiger partial charge >= 0.3 is 7.82 Å². The summed E-state index contributed by atoms with van der Waals surface area (Å²) in [6.45, 7) is 3.16. The highest BCUT2D eigenvalue weighted by Crippen LogP contribution is 2.37. The van der Waals surface area contributed by atoms with Gasteiger partial charge in [0.1, 0.15) is 11.7 Å². The number of carbonyl (C=O) groups excluding carboxylic acids is 2. The van der Waals surface area contributed by atoms with Crippen LogP contribution in [0.2, 0.25) is 0 Å². The number of phosphoric acid groups is 1. The van der Waals surface area contributed by atoms with Gasteiger partial charge in [-0.15, -0.1) is 0 Å². The van der Waals surface area contributed by atoms with Gasteiger partial charge in [0, 0.05) is 36.1 Å². The molecule has 0 unspecified atom stereocenters. The number of carbonyl (C=O) groups is 2. The minimum absolute atomic E-state index is 0.314. The van der Waals surface area contributed by atoms with Crippen LogP contribution in [0.1, 0.15) is 38.9 Å². The van der Waals surface area contributed by atoms with E-state index in [-0.39, 0.29) is 0 Å². The number of amides is 2. The van der Waals surface area contributed by atoms with Gasteiger partial charge < -0.3 is 20.4 Å². The fraction of sp³-hybridized carbons (Fsp3) is 0.188. The summed E-state index contributed by atoms with van der Waals surface area (Å²) in [5.74, 6) is -1.35. The molecule has 1 atom stereocenters. The molecule has 5 aromatic rings. The maximum atomic E-state index is 14.1. The van der Waals surface area contributed by atoms with Gasteiger partial charge in [-0.05, 0) is 48.7 Å². The molecule has 0 saturated heterocycles. The first-order valence-electron chi connectivity index (χ1n) is 14.1. The summed E-state index contributed by atoms with van der Waals surface area (Å²) < 4.78 is 18.6. The summed E-state index contributed by atoms with van der Waals surface area (Å²) in [6, 6.07) is 26.8. The molecule has 13 heteroatoms. The van der Waals surface area contributed by atoms with Crippen LogP contribution < -0.4 is 10.6 Å². The number of aromatic nitrogens is 4. The first-order chi connectivity index (χ1) is 21.5. The number of benzene rings is 3. The zero-order chi connectivity index (χ0) is 32.1. The van der Waals surface area contributed by atoms with Crippen LogP contribution in [-0.4, -0.2) is 47.2 Å². The SMILES string of the molecule is Cc1nn(COP(=O)(O)O)c(C)c1-c1ccc(NC(=O)[C@@H](NC(=O)c2ccnn2C)C(c2ccccc2)c2ccccc2)cc1. The number of rotatable bonds is 11. The summed E-state index contributed by atoms with van der Waals surface area (Å²) in [5.41, 5.74) is 5.40. The van der Waals surface area contributed by atoms with Crippen LogP contribution in [0, 0.1) is 13.8 Å². The highest BCUT2D eigenvalue weighted by Gasteiger charge is 2.33. The third-order valence-electron chi connectivity index (χ3n) is 7.44. The average molecular weight is 629 g/mol. The Morgan fingerprint density at radius 3 is 2.04 bits per heavy atom. The second-order valence-electron chi connectivity index (χ2n) is 10.5. The predicted molar refractivity (Wildman–Crippen MR) is 168 cm³/mol. The van der Waals surface area contributed by atoms with Gasteiger partial charge in [0.05, 0.1) is 5.69 Å². The smallest absolute Gasteiger partial charge is 0.338 e. The second kappa shape index (κ2) is 13.4. The molecule has 0 spiro atoms. The fourth-order valence-electron chi connectivity index (χ4n) is 5.32. The van der Waals surface area contributed by atoms with E-state index in [0.717, 1.165) is 22.3 Å². The molecule has 5 rings (SSSR count). The summed E-state index contributed by atoms with van der Waals surface area (Å²) in [5, 5.41) is 14.4. The lowest BCUT2D eigenvalue weighted by Gasteiger charge is -2.28. The van der Waals surface area contributed by atoms with Crippen LogP contribution in [0.3, 0.4) is 0 Å². The molecule has 3 aromatic carbocycles. The maximum absolute atomic E-state index is 14.1. The van der Waals surface area contributed by atoms with Crippen molar-refractivity contribution in [3.8, 4) is 11.1 Å². The summed E-state index contributed by atoms with van der Waals surface area (Å²) in [4.78, 5) is 45.6. The Labute approximate surface area is 259 Å². The van der Waals surface area contributed by atoms with E-state index in [2.05, 4.69) is 25.4 Å². The zero-order valence-corrected chi connectivity index (χ0v) is 25.8. The van der Waals surface area contributed by atoms with Gasteiger partial charge in [0.25, 0.3) is 5.91 Å². The second-order valence-corrected chi connectivity index (χ2v) is 11.7. The molecular formula is C32H33N6O6P. The van der Waals surface area contributed by atoms with Gasteiger partial charge in [0.2, 0.25) is 5.91 Å². The van der Waals surface area contributed by atoms with Crippen LogP contribution in [-0.2, 0) is 27.7 Å². The van der Waals surface area contributed by atoms with Gasteiger partial charge in [-0.25, -0.2) is 9.25 Å². The minimum Gasteiger partial charge on any atom is -0.338 e. The van der Waals surface area contributed by atoms with Crippen molar-refractivity contribution in [2.24, 2.45) is 7.05 Å². The molecule has 2 heterocycles. The highest BCUT2D eigenvalue weighted by molar-refractivity contribution is 7.46. The molecule has 0 saturated carbocycles. The summed E-state index contributed by atoms with van der Waals surface area (Å²) in [6.07, 6.45) is 1.52. The Morgan fingerprint density at radius 2 is 1.51 bits per heavy atom. The van der Waals surface area contributed by atoms with E-state index in [4.69, 9.17) is 9.79 Å². The van der Waals surface area contributed by atoms with Crippen molar-refractivity contribution in [3.63, 3.8) is 0 Å². The number of anilines is 1. The standard InChI is InChI=1S/C32H33N6O6P/c1-21-28(22(2)38(36-21)20-44-45(41,42)43)25-14-16-26(17-15-25)34-32(40)30(35-31(39)27-18-19-33-37(27)3)29(23-10-6-4-7-11-23)24-12-8-5-9-13-24/h4-19,29-30H,20H2,1-3H3,(H,34,40)(H,35,39)(H2,41,42,43)/t30-/m0/s1. The topological polar surface area (TPSA) is 161 Å². The fourth-order valence-corrected chi connectivity index (χ4v) is 5.58. The van der Waals surface area contributed by atoms with Crippen molar-refractivity contribution in [2.45, 2.75) is 32.5 Å². The molecule has 0 bridgehead atoms. The molecule has 2 amide bonds. The number of aryl methyl sites for hydroxylation is 2. The van der Waals surface area contributed by atoms with Crippen molar-refractivity contribution in [2.75, 3.05) is 5.32 Å². The minimum atomic E-state index is -4.66. The predicted octanol–water partition coefficient (Wildman–Crippen LogP) is 4.54. The maximum Gasteiger partial charge on any atom is 0.471 e. The third-order valence-corrected chi connectivity index (χ3v) is 7.90. The molecule has 0 fully saturated rings. The van der Waals surface area contributed by atoms with E-state index in [1.54, 1.807) is 39.1 Å². The first-order valence-corrected chi connectivity index (χ1v) is 15.6. The molecule has 0 aliphatic rings. The summed E-state index contributed by atoms with van der Waals surface area (Å²) >= 11 is 0. The van der Waals surface area contributed by atoms with E-state index in [0.29, 0.717) is 22.8 Å². The van der Waals surface area contributed by atoms with Crippen LogP contribution in [0.15, 0.2) is 97.2 Å². The van der Waals surface area contributed by atoms with Crippen LogP contribution in [0.25, 0.3) is 11.1 Å². The number of nitrogens with zero attached hydrogens (tertiary/aromatic N) is 4. The normalized spacial score (nSPS) is 12.2. The van der Waals surface area contributed by atoms with Crippen molar-refractivity contribution >= 4 is 25.3 Å². The van der Waals surface area contributed by atoms with E-state index in [9.17, 15) is 14.2 Å². The van der Waals surface area contributed by atoms with Gasteiger partial charge in [-0.1, -0.05) is 72.8 Å². The highest BCUT2D eigenvalue weighted by atomic mass is 31.2. The third kappa shape index (κ3) is 7.44. The Bertz CT molecular complexity index is 1790. The van der Waals surface area contributed by atoms with Gasteiger partial charge in [0.15, 0.2) is 6.73 Å².